The molecule has 136 valence electrons. The zero-order valence-electron chi connectivity index (χ0n) is 15.1. The second kappa shape index (κ2) is 7.41. The summed E-state index contributed by atoms with van der Waals surface area (Å²) in [7, 11) is 0. The van der Waals surface area contributed by atoms with Crippen LogP contribution in [0.1, 0.15) is 43.8 Å². The Kier molecular flexibility index (Phi) is 5.23. The maximum atomic E-state index is 13.2. The van der Waals surface area contributed by atoms with Crippen LogP contribution in [0.5, 0.6) is 0 Å². The second-order valence-corrected chi connectivity index (χ2v) is 7.94. The van der Waals surface area contributed by atoms with E-state index in [4.69, 9.17) is 4.74 Å². The molecule has 0 saturated heterocycles. The van der Waals surface area contributed by atoms with Crippen molar-refractivity contribution in [3.05, 3.63) is 64.3 Å². The molecule has 0 fully saturated rings. The van der Waals surface area contributed by atoms with E-state index in [1.54, 1.807) is 11.1 Å². The van der Waals surface area contributed by atoms with Gasteiger partial charge in [0.25, 0.3) is 5.91 Å². The molecule has 1 aromatic carbocycles. The lowest BCUT2D eigenvalue weighted by molar-refractivity contribution is -0.140. The number of rotatable bonds is 5. The summed E-state index contributed by atoms with van der Waals surface area (Å²) in [6.45, 7) is 5.97. The highest BCUT2D eigenvalue weighted by atomic mass is 32.1. The summed E-state index contributed by atoms with van der Waals surface area (Å²) < 4.78 is 5.82. The van der Waals surface area contributed by atoms with Crippen molar-refractivity contribution < 1.29 is 14.3 Å². The predicted octanol–water partition coefficient (Wildman–Crippen LogP) is 3.88. The summed E-state index contributed by atoms with van der Waals surface area (Å²) in [5.74, 6) is -0.283. The molecule has 2 heterocycles. The number of thiazole rings is 1. The van der Waals surface area contributed by atoms with Gasteiger partial charge in [0.05, 0.1) is 12.6 Å². The zero-order chi connectivity index (χ0) is 18.7. The van der Waals surface area contributed by atoms with E-state index in [-0.39, 0.29) is 29.9 Å². The Morgan fingerprint density at radius 3 is 2.69 bits per heavy atom. The van der Waals surface area contributed by atoms with Crippen molar-refractivity contribution in [2.45, 2.75) is 45.4 Å². The van der Waals surface area contributed by atoms with Crippen molar-refractivity contribution in [2.75, 3.05) is 0 Å². The lowest BCUT2D eigenvalue weighted by Gasteiger charge is -2.34. The molecule has 0 radical (unpaired) electrons. The smallest absolute Gasteiger partial charge is 0.289 e. The van der Waals surface area contributed by atoms with Crippen molar-refractivity contribution in [1.82, 2.24) is 9.88 Å². The molecule has 0 bridgehead atoms. The number of ether oxygens (including phenoxy) is 1. The third-order valence-electron chi connectivity index (χ3n) is 4.29. The van der Waals surface area contributed by atoms with Gasteiger partial charge in [0.2, 0.25) is 0 Å². The van der Waals surface area contributed by atoms with E-state index < -0.39 is 5.60 Å². The highest BCUT2D eigenvalue weighted by Crippen LogP contribution is 2.30. The third kappa shape index (κ3) is 4.19. The van der Waals surface area contributed by atoms with Gasteiger partial charge in [0, 0.05) is 24.1 Å². The van der Waals surface area contributed by atoms with E-state index >= 15 is 0 Å². The Morgan fingerprint density at radius 2 is 2.08 bits per heavy atom. The first-order valence-corrected chi connectivity index (χ1v) is 9.41. The summed E-state index contributed by atoms with van der Waals surface area (Å²) in [6.07, 6.45) is 3.31. The Bertz CT molecular complexity index is 813. The van der Waals surface area contributed by atoms with Gasteiger partial charge in [-0.05, 0) is 26.3 Å². The molecule has 6 heteroatoms. The number of aromatic nitrogens is 1. The van der Waals surface area contributed by atoms with Crippen LogP contribution in [0.15, 0.2) is 53.7 Å². The van der Waals surface area contributed by atoms with E-state index in [2.05, 4.69) is 4.98 Å². The number of carbonyl (C=O) groups excluding carboxylic acids is 2. The topological polar surface area (TPSA) is 59.5 Å². The maximum Gasteiger partial charge on any atom is 0.289 e. The van der Waals surface area contributed by atoms with Gasteiger partial charge in [-0.1, -0.05) is 30.3 Å². The van der Waals surface area contributed by atoms with Crippen LogP contribution in [-0.2, 0) is 20.9 Å². The molecule has 0 N–H and O–H groups in total. The predicted molar refractivity (Wildman–Crippen MR) is 100 cm³/mol. The van der Waals surface area contributed by atoms with Gasteiger partial charge < -0.3 is 9.64 Å². The van der Waals surface area contributed by atoms with Crippen molar-refractivity contribution >= 4 is 23.0 Å². The Morgan fingerprint density at radius 1 is 1.35 bits per heavy atom. The monoisotopic (exact) mass is 370 g/mol. The molecule has 5 nitrogen and oxygen atoms in total. The number of hydrogen-bond acceptors (Lipinski definition) is 5. The number of carbonyl (C=O) groups is 2. The van der Waals surface area contributed by atoms with Crippen LogP contribution in [0, 0.1) is 0 Å². The van der Waals surface area contributed by atoms with Crippen molar-refractivity contribution in [3.8, 4) is 0 Å². The minimum Gasteiger partial charge on any atom is -0.481 e. The average Bonchev–Trinajstić information content (AvgIpc) is 3.11. The normalized spacial score (nSPS) is 17.2. The van der Waals surface area contributed by atoms with Gasteiger partial charge >= 0.3 is 0 Å². The molecule has 1 amide bonds. The standard InChI is InChI=1S/C20H22N2O3S/c1-14(15-7-5-4-6-8-15)22(13-18-21-9-10-26-18)19(24)17-11-16(23)12-20(2,3)25-17/h4-11,14H,12-13H2,1-3H3/t14-/m1/s1. The van der Waals surface area contributed by atoms with Crippen LogP contribution in [0.25, 0.3) is 0 Å². The van der Waals surface area contributed by atoms with Gasteiger partial charge in [-0.25, -0.2) is 4.98 Å². The fourth-order valence-electron chi connectivity index (χ4n) is 3.00. The van der Waals surface area contributed by atoms with Gasteiger partial charge in [-0.2, -0.15) is 0 Å². The lowest BCUT2D eigenvalue weighted by atomic mass is 9.98. The molecule has 1 aliphatic heterocycles. The molecule has 2 aromatic rings. The van der Waals surface area contributed by atoms with Crippen LogP contribution in [0.4, 0.5) is 0 Å². The zero-order valence-corrected chi connectivity index (χ0v) is 16.0. The van der Waals surface area contributed by atoms with Crippen LogP contribution < -0.4 is 0 Å². The van der Waals surface area contributed by atoms with Gasteiger partial charge in [-0.15, -0.1) is 11.3 Å². The Labute approximate surface area is 157 Å². The molecule has 0 spiro atoms. The molecular formula is C20H22N2O3S. The Hall–Kier alpha value is -2.47. The fourth-order valence-corrected chi connectivity index (χ4v) is 3.61. The molecule has 26 heavy (non-hydrogen) atoms. The number of ketones is 1. The van der Waals surface area contributed by atoms with Gasteiger partial charge in [0.1, 0.15) is 10.6 Å². The molecule has 0 saturated carbocycles. The van der Waals surface area contributed by atoms with Crippen LogP contribution >= 0.6 is 11.3 Å². The minimum absolute atomic E-state index is 0.0915. The first kappa shape index (κ1) is 18.3. The molecule has 0 aliphatic carbocycles. The van der Waals surface area contributed by atoms with E-state index in [9.17, 15) is 9.59 Å². The molecule has 1 aliphatic rings. The van der Waals surface area contributed by atoms with Crippen LogP contribution in [0.3, 0.4) is 0 Å². The van der Waals surface area contributed by atoms with E-state index in [0.717, 1.165) is 10.6 Å². The molecule has 1 atom stereocenters. The molecular weight excluding hydrogens is 348 g/mol. The largest absolute Gasteiger partial charge is 0.481 e. The first-order valence-electron chi connectivity index (χ1n) is 8.53. The lowest BCUT2D eigenvalue weighted by Crippen LogP contribution is -2.40. The fraction of sp³-hybridized carbons (Fsp3) is 0.350. The number of allylic oxidation sites excluding steroid dienone is 1. The maximum absolute atomic E-state index is 13.2. The summed E-state index contributed by atoms with van der Waals surface area (Å²) in [6, 6.07) is 9.62. The van der Waals surface area contributed by atoms with Gasteiger partial charge in [-0.3, -0.25) is 9.59 Å². The molecule has 0 unspecified atom stereocenters. The number of amides is 1. The Balaban J connectivity index is 1.92. The van der Waals surface area contributed by atoms with Crippen molar-refractivity contribution in [3.63, 3.8) is 0 Å². The van der Waals surface area contributed by atoms with E-state index in [1.807, 2.05) is 56.5 Å². The van der Waals surface area contributed by atoms with Crippen molar-refractivity contribution in [2.24, 2.45) is 0 Å². The number of benzene rings is 1. The first-order chi connectivity index (χ1) is 12.4. The highest BCUT2D eigenvalue weighted by molar-refractivity contribution is 7.09. The van der Waals surface area contributed by atoms with Crippen LogP contribution in [-0.4, -0.2) is 27.2 Å². The number of nitrogens with zero attached hydrogens (tertiary/aromatic N) is 2. The van der Waals surface area contributed by atoms with E-state index in [1.165, 1.54) is 17.4 Å². The quantitative estimate of drug-likeness (QED) is 0.801. The molecule has 3 rings (SSSR count). The highest BCUT2D eigenvalue weighted by Gasteiger charge is 2.35. The van der Waals surface area contributed by atoms with Gasteiger partial charge in [0.15, 0.2) is 11.5 Å². The van der Waals surface area contributed by atoms with Crippen LogP contribution in [0.2, 0.25) is 0 Å². The summed E-state index contributed by atoms with van der Waals surface area (Å²) in [4.78, 5) is 31.3. The third-order valence-corrected chi connectivity index (χ3v) is 5.05. The average molecular weight is 370 g/mol. The SMILES string of the molecule is C[C@H](c1ccccc1)N(Cc1nccs1)C(=O)C1=CC(=O)CC(C)(C)O1. The summed E-state index contributed by atoms with van der Waals surface area (Å²) in [5, 5.41) is 2.72. The second-order valence-electron chi connectivity index (χ2n) is 6.96. The molecule has 1 aromatic heterocycles. The van der Waals surface area contributed by atoms with Crippen molar-refractivity contribution in [1.29, 1.82) is 0 Å². The number of hydrogen-bond donors (Lipinski definition) is 0. The van der Waals surface area contributed by atoms with E-state index in [0.29, 0.717) is 6.54 Å². The minimum atomic E-state index is -0.681. The summed E-state index contributed by atoms with van der Waals surface area (Å²) >= 11 is 1.50. The summed E-state index contributed by atoms with van der Waals surface area (Å²) in [5.41, 5.74) is 0.332.